The quantitative estimate of drug-likeness (QED) is 0.772. The molecule has 0 radical (unpaired) electrons. The van der Waals surface area contributed by atoms with Crippen molar-refractivity contribution >= 4 is 28.8 Å². The molecule has 2 aromatic carbocycles. The first-order chi connectivity index (χ1) is 10.2. The molecule has 0 saturated heterocycles. The number of rotatable bonds is 4. The van der Waals surface area contributed by atoms with Crippen LogP contribution in [0.3, 0.4) is 0 Å². The largest absolute Gasteiger partial charge is 0.497 e. The number of H-pyrrole nitrogens is 1. The summed E-state index contributed by atoms with van der Waals surface area (Å²) in [6.45, 7) is 0. The predicted octanol–water partition coefficient (Wildman–Crippen LogP) is 3.42. The molecular formula is C15H12N2O3S. The summed E-state index contributed by atoms with van der Waals surface area (Å²) in [6, 6.07) is 12.4. The van der Waals surface area contributed by atoms with Crippen molar-refractivity contribution in [2.24, 2.45) is 0 Å². The van der Waals surface area contributed by atoms with Crippen molar-refractivity contribution in [2.75, 3.05) is 7.11 Å². The molecule has 3 rings (SSSR count). The summed E-state index contributed by atoms with van der Waals surface area (Å²) in [7, 11) is 1.62. The Hall–Kier alpha value is -2.47. The zero-order chi connectivity index (χ0) is 14.8. The molecule has 0 aliphatic rings. The Morgan fingerprint density at radius 1 is 1.29 bits per heavy atom. The average molecular weight is 300 g/mol. The molecule has 0 spiro atoms. The fraction of sp³-hybridized carbons (Fsp3) is 0.0667. The lowest BCUT2D eigenvalue weighted by atomic mass is 10.2. The molecule has 5 nitrogen and oxygen atoms in total. The van der Waals surface area contributed by atoms with Crippen molar-refractivity contribution < 1.29 is 14.6 Å². The lowest BCUT2D eigenvalue weighted by molar-refractivity contribution is 0.0696. The van der Waals surface area contributed by atoms with Crippen molar-refractivity contribution in [3.63, 3.8) is 0 Å². The highest BCUT2D eigenvalue weighted by atomic mass is 32.2. The smallest absolute Gasteiger partial charge is 0.335 e. The minimum absolute atomic E-state index is 0.262. The number of aromatic nitrogens is 2. The van der Waals surface area contributed by atoms with E-state index in [2.05, 4.69) is 9.97 Å². The molecule has 0 atom stereocenters. The number of methoxy groups -OCH3 is 1. The second kappa shape index (κ2) is 5.49. The first-order valence-corrected chi connectivity index (χ1v) is 7.02. The van der Waals surface area contributed by atoms with Crippen LogP contribution >= 0.6 is 11.8 Å². The molecular weight excluding hydrogens is 288 g/mol. The third kappa shape index (κ3) is 2.85. The second-order valence-electron chi connectivity index (χ2n) is 4.36. The maximum atomic E-state index is 11.0. The molecule has 3 aromatic rings. The molecule has 106 valence electrons. The molecule has 21 heavy (non-hydrogen) atoms. The average Bonchev–Trinajstić information content (AvgIpc) is 2.88. The van der Waals surface area contributed by atoms with E-state index in [1.165, 1.54) is 11.8 Å². The highest BCUT2D eigenvalue weighted by molar-refractivity contribution is 7.99. The monoisotopic (exact) mass is 300 g/mol. The molecule has 0 aliphatic heterocycles. The van der Waals surface area contributed by atoms with Gasteiger partial charge in [0, 0.05) is 11.0 Å². The zero-order valence-corrected chi connectivity index (χ0v) is 12.0. The van der Waals surface area contributed by atoms with Crippen molar-refractivity contribution in [3.8, 4) is 5.75 Å². The number of fused-ring (bicyclic) bond motifs is 1. The van der Waals surface area contributed by atoms with Gasteiger partial charge in [0.25, 0.3) is 0 Å². The van der Waals surface area contributed by atoms with Crippen molar-refractivity contribution in [2.45, 2.75) is 10.1 Å². The third-order valence-electron chi connectivity index (χ3n) is 2.96. The lowest BCUT2D eigenvalue weighted by Crippen LogP contribution is -1.95. The van der Waals surface area contributed by atoms with Crippen LogP contribution in [0.25, 0.3) is 11.0 Å². The topological polar surface area (TPSA) is 75.2 Å². The van der Waals surface area contributed by atoms with E-state index >= 15 is 0 Å². The number of hydrogen-bond donors (Lipinski definition) is 2. The maximum absolute atomic E-state index is 11.0. The molecule has 2 N–H and O–H groups in total. The fourth-order valence-corrected chi connectivity index (χ4v) is 2.81. The highest BCUT2D eigenvalue weighted by Gasteiger charge is 2.08. The van der Waals surface area contributed by atoms with E-state index in [4.69, 9.17) is 9.84 Å². The van der Waals surface area contributed by atoms with E-state index in [9.17, 15) is 4.79 Å². The molecule has 0 bridgehead atoms. The van der Waals surface area contributed by atoms with Gasteiger partial charge >= 0.3 is 5.97 Å². The molecule has 1 heterocycles. The van der Waals surface area contributed by atoms with Crippen LogP contribution in [0.15, 0.2) is 52.5 Å². The number of nitrogens with one attached hydrogen (secondary N) is 1. The molecule has 0 fully saturated rings. The van der Waals surface area contributed by atoms with Crippen LogP contribution in [0.5, 0.6) is 5.75 Å². The lowest BCUT2D eigenvalue weighted by Gasteiger charge is -1.99. The normalized spacial score (nSPS) is 10.7. The number of hydrogen-bond acceptors (Lipinski definition) is 4. The van der Waals surface area contributed by atoms with Crippen LogP contribution in [-0.2, 0) is 0 Å². The van der Waals surface area contributed by atoms with Gasteiger partial charge in [0.2, 0.25) is 0 Å². The molecule has 6 heteroatoms. The predicted molar refractivity (Wildman–Crippen MR) is 80.2 cm³/mol. The van der Waals surface area contributed by atoms with E-state index in [0.717, 1.165) is 21.7 Å². The Labute approximate surface area is 125 Å². The summed E-state index contributed by atoms with van der Waals surface area (Å²) in [5.74, 6) is -0.178. The number of aromatic amines is 1. The Kier molecular flexibility index (Phi) is 3.53. The van der Waals surface area contributed by atoms with Gasteiger partial charge in [-0.2, -0.15) is 0 Å². The summed E-state index contributed by atoms with van der Waals surface area (Å²) in [4.78, 5) is 19.4. The SMILES string of the molecule is COc1ccc2nc(Sc3cccc(C(=O)O)c3)[nH]c2c1. The van der Waals surface area contributed by atoms with Gasteiger partial charge in [-0.15, -0.1) is 0 Å². The van der Waals surface area contributed by atoms with E-state index < -0.39 is 5.97 Å². The zero-order valence-electron chi connectivity index (χ0n) is 11.2. The minimum Gasteiger partial charge on any atom is -0.497 e. The second-order valence-corrected chi connectivity index (χ2v) is 5.42. The van der Waals surface area contributed by atoms with Crippen LogP contribution in [0.4, 0.5) is 0 Å². The number of imidazole rings is 1. The van der Waals surface area contributed by atoms with Gasteiger partial charge in [-0.3, -0.25) is 0 Å². The van der Waals surface area contributed by atoms with E-state index in [1.807, 2.05) is 24.3 Å². The van der Waals surface area contributed by atoms with Crippen LogP contribution in [-0.4, -0.2) is 28.2 Å². The first kappa shape index (κ1) is 13.5. The molecule has 0 amide bonds. The number of carbonyl (C=O) groups is 1. The maximum Gasteiger partial charge on any atom is 0.335 e. The number of carboxylic acids is 1. The van der Waals surface area contributed by atoms with Gasteiger partial charge < -0.3 is 14.8 Å². The number of nitrogens with zero attached hydrogens (tertiary/aromatic N) is 1. The van der Waals surface area contributed by atoms with E-state index in [-0.39, 0.29) is 5.56 Å². The summed E-state index contributed by atoms with van der Waals surface area (Å²) in [6.07, 6.45) is 0. The first-order valence-electron chi connectivity index (χ1n) is 6.20. The summed E-state index contributed by atoms with van der Waals surface area (Å²) in [5.41, 5.74) is 1.98. The Morgan fingerprint density at radius 2 is 2.14 bits per heavy atom. The minimum atomic E-state index is -0.938. The van der Waals surface area contributed by atoms with Crippen molar-refractivity contribution in [1.82, 2.24) is 9.97 Å². The summed E-state index contributed by atoms with van der Waals surface area (Å²) in [5, 5.41) is 9.71. The van der Waals surface area contributed by atoms with Gasteiger partial charge in [0.05, 0.1) is 23.7 Å². The van der Waals surface area contributed by atoms with Gasteiger partial charge in [-0.1, -0.05) is 17.8 Å². The van der Waals surface area contributed by atoms with Crippen LogP contribution in [0, 0.1) is 0 Å². The Morgan fingerprint density at radius 3 is 2.90 bits per heavy atom. The summed E-state index contributed by atoms with van der Waals surface area (Å²) < 4.78 is 5.17. The van der Waals surface area contributed by atoms with Gasteiger partial charge in [-0.05, 0) is 30.3 Å². The number of benzene rings is 2. The van der Waals surface area contributed by atoms with Gasteiger partial charge in [-0.25, -0.2) is 9.78 Å². The molecule has 0 unspecified atom stereocenters. The Balaban J connectivity index is 1.91. The van der Waals surface area contributed by atoms with Crippen molar-refractivity contribution in [3.05, 3.63) is 48.0 Å². The van der Waals surface area contributed by atoms with E-state index in [1.54, 1.807) is 25.3 Å². The molecule has 0 aliphatic carbocycles. The highest BCUT2D eigenvalue weighted by Crippen LogP contribution is 2.29. The van der Waals surface area contributed by atoms with Crippen LogP contribution < -0.4 is 4.74 Å². The van der Waals surface area contributed by atoms with Gasteiger partial charge in [0.15, 0.2) is 5.16 Å². The van der Waals surface area contributed by atoms with Crippen LogP contribution in [0.1, 0.15) is 10.4 Å². The van der Waals surface area contributed by atoms with Crippen molar-refractivity contribution in [1.29, 1.82) is 0 Å². The third-order valence-corrected chi connectivity index (χ3v) is 3.84. The van der Waals surface area contributed by atoms with Crippen LogP contribution in [0.2, 0.25) is 0 Å². The number of ether oxygens (including phenoxy) is 1. The molecule has 1 aromatic heterocycles. The van der Waals surface area contributed by atoms with Gasteiger partial charge in [0.1, 0.15) is 5.75 Å². The standard InChI is InChI=1S/C15H12N2O3S/c1-20-10-5-6-12-13(8-10)17-15(16-12)21-11-4-2-3-9(7-11)14(18)19/h2-8H,1H3,(H,16,17)(H,18,19). The fourth-order valence-electron chi connectivity index (χ4n) is 1.94. The van der Waals surface area contributed by atoms with E-state index in [0.29, 0.717) is 5.16 Å². The Bertz CT molecular complexity index is 814. The summed E-state index contributed by atoms with van der Waals surface area (Å²) >= 11 is 1.39. The number of aromatic carboxylic acids is 1. The molecule has 0 saturated carbocycles. The number of carboxylic acid groups (broad SMARTS) is 1.